The van der Waals surface area contributed by atoms with Crippen molar-refractivity contribution in [3.05, 3.63) is 42.1 Å². The van der Waals surface area contributed by atoms with E-state index in [0.29, 0.717) is 29.9 Å². The van der Waals surface area contributed by atoms with Crippen LogP contribution in [0.3, 0.4) is 0 Å². The van der Waals surface area contributed by atoms with Gasteiger partial charge < -0.3 is 15.1 Å². The molecule has 31 heavy (non-hydrogen) atoms. The third kappa shape index (κ3) is 4.13. The van der Waals surface area contributed by atoms with E-state index in [1.807, 2.05) is 25.1 Å². The lowest BCUT2D eigenvalue weighted by molar-refractivity contribution is -0.148. The summed E-state index contributed by atoms with van der Waals surface area (Å²) >= 11 is 2.11. The molecule has 1 aromatic carbocycles. The van der Waals surface area contributed by atoms with Gasteiger partial charge in [-0.15, -0.1) is 0 Å². The molecule has 1 unspecified atom stereocenters. The van der Waals surface area contributed by atoms with Crippen molar-refractivity contribution in [3.8, 4) is 11.1 Å². The smallest absolute Gasteiger partial charge is 0.326 e. The second-order valence-corrected chi connectivity index (χ2v) is 9.07. The van der Waals surface area contributed by atoms with E-state index in [0.717, 1.165) is 16.5 Å². The number of aliphatic carboxylic acids is 1. The van der Waals surface area contributed by atoms with E-state index < -0.39 is 18.1 Å². The van der Waals surface area contributed by atoms with E-state index in [9.17, 15) is 19.8 Å². The third-order valence-corrected chi connectivity index (χ3v) is 6.69. The summed E-state index contributed by atoms with van der Waals surface area (Å²) in [5, 5.41) is 24.9. The van der Waals surface area contributed by atoms with Gasteiger partial charge in [0.1, 0.15) is 18.4 Å². The van der Waals surface area contributed by atoms with Gasteiger partial charge in [0, 0.05) is 23.3 Å². The van der Waals surface area contributed by atoms with Gasteiger partial charge in [0.15, 0.2) is 0 Å². The molecule has 0 bridgehead atoms. The van der Waals surface area contributed by atoms with E-state index in [1.54, 1.807) is 19.3 Å². The van der Waals surface area contributed by atoms with Crippen molar-refractivity contribution in [1.82, 2.24) is 24.6 Å². The predicted octanol–water partition coefficient (Wildman–Crippen LogP) is 2.69. The van der Waals surface area contributed by atoms with Crippen LogP contribution in [0.1, 0.15) is 37.4 Å². The zero-order chi connectivity index (χ0) is 22.3. The summed E-state index contributed by atoms with van der Waals surface area (Å²) < 4.78 is 1.37. The number of hydrogen-bond donors (Lipinski definition) is 2. The molecule has 0 radical (unpaired) electrons. The maximum atomic E-state index is 13.0. The largest absolute Gasteiger partial charge is 0.480 e. The van der Waals surface area contributed by atoms with Gasteiger partial charge >= 0.3 is 5.97 Å². The number of aromatic nitrogens is 4. The second-order valence-electron chi connectivity index (χ2n) is 7.64. The summed E-state index contributed by atoms with van der Waals surface area (Å²) in [5.74, 6) is -0.620. The van der Waals surface area contributed by atoms with Gasteiger partial charge in [-0.25, -0.2) is 14.8 Å². The number of aryl methyl sites for hydroxylation is 1. The molecule has 3 heterocycles. The molecule has 0 aliphatic carbocycles. The highest BCUT2D eigenvalue weighted by Crippen LogP contribution is 2.31. The van der Waals surface area contributed by atoms with Crippen molar-refractivity contribution in [3.63, 3.8) is 0 Å². The molecule has 0 spiro atoms. The molecule has 0 saturated carbocycles. The molecule has 3 aromatic rings. The molecular formula is C21H22IN5O4. The monoisotopic (exact) mass is 535 g/mol. The molecule has 1 aliphatic heterocycles. The Hall–Kier alpha value is -2.60. The molecule has 9 nitrogen and oxygen atoms in total. The number of halogens is 1. The van der Waals surface area contributed by atoms with Crippen LogP contribution in [0.25, 0.3) is 22.0 Å². The van der Waals surface area contributed by atoms with E-state index in [2.05, 4.69) is 37.7 Å². The molecule has 162 valence electrons. The van der Waals surface area contributed by atoms with E-state index in [-0.39, 0.29) is 16.5 Å². The standard InChI is InChI=1S/C21H22IN5O4/c1-11(28)20-15-7-13(14-8-23-12(2)24-9-14)3-4-16(15)26(25-20)10-19(29)27-17(21(30)31)5-6-18(27)22/h3-4,7-9,11,17-18,28H,5-6,10H2,1-2H3,(H,30,31)/t11?,17-,18-/m0/s1. The van der Waals surface area contributed by atoms with E-state index in [4.69, 9.17) is 0 Å². The fraction of sp³-hybridized carbons (Fsp3) is 0.381. The van der Waals surface area contributed by atoms with Crippen LogP contribution in [0.2, 0.25) is 0 Å². The SMILES string of the molecule is Cc1ncc(-c2ccc3c(c2)c(C(C)O)nn3CC(=O)N2[C@H](I)CC[C@H]2C(=O)O)cn1. The molecule has 2 aromatic heterocycles. The predicted molar refractivity (Wildman–Crippen MR) is 121 cm³/mol. The lowest BCUT2D eigenvalue weighted by Gasteiger charge is -2.25. The Morgan fingerprint density at radius 2 is 1.94 bits per heavy atom. The summed E-state index contributed by atoms with van der Waals surface area (Å²) in [7, 11) is 0. The highest BCUT2D eigenvalue weighted by atomic mass is 127. The van der Waals surface area contributed by atoms with Crippen molar-refractivity contribution in [1.29, 1.82) is 0 Å². The molecule has 2 N–H and O–H groups in total. The number of amides is 1. The summed E-state index contributed by atoms with van der Waals surface area (Å²) in [4.78, 5) is 34.4. The number of hydrogen-bond acceptors (Lipinski definition) is 6. The summed E-state index contributed by atoms with van der Waals surface area (Å²) in [6.45, 7) is 3.34. The van der Waals surface area contributed by atoms with Gasteiger partial charge in [0.2, 0.25) is 5.91 Å². The Balaban J connectivity index is 1.71. The van der Waals surface area contributed by atoms with Crippen LogP contribution in [-0.2, 0) is 16.1 Å². The number of rotatable bonds is 5. The van der Waals surface area contributed by atoms with Crippen molar-refractivity contribution >= 4 is 45.4 Å². The van der Waals surface area contributed by atoms with Crippen molar-refractivity contribution < 1.29 is 19.8 Å². The zero-order valence-electron chi connectivity index (χ0n) is 17.1. The highest BCUT2D eigenvalue weighted by Gasteiger charge is 2.39. The molecular weight excluding hydrogens is 513 g/mol. The van der Waals surface area contributed by atoms with Crippen LogP contribution in [0.4, 0.5) is 0 Å². The Morgan fingerprint density at radius 1 is 1.23 bits per heavy atom. The molecule has 1 fully saturated rings. The number of carbonyl (C=O) groups is 2. The topological polar surface area (TPSA) is 121 Å². The lowest BCUT2D eigenvalue weighted by atomic mass is 10.0. The molecule has 10 heteroatoms. The van der Waals surface area contributed by atoms with E-state index >= 15 is 0 Å². The number of aliphatic hydroxyl groups excluding tert-OH is 1. The number of fused-ring (bicyclic) bond motifs is 1. The van der Waals surface area contributed by atoms with Crippen LogP contribution >= 0.6 is 22.6 Å². The second kappa shape index (κ2) is 8.50. The Kier molecular flexibility index (Phi) is 5.93. The van der Waals surface area contributed by atoms with Gasteiger partial charge in [0.05, 0.1) is 21.4 Å². The maximum Gasteiger partial charge on any atom is 0.326 e. The molecule has 1 aliphatic rings. The Morgan fingerprint density at radius 3 is 2.58 bits per heavy atom. The van der Waals surface area contributed by atoms with Gasteiger partial charge in [-0.05, 0) is 44.4 Å². The molecule has 3 atom stereocenters. The Bertz CT molecular complexity index is 1140. The number of aliphatic hydroxyl groups is 1. The van der Waals surface area contributed by atoms with Gasteiger partial charge in [0.25, 0.3) is 0 Å². The number of carboxylic acids is 1. The van der Waals surface area contributed by atoms with Crippen molar-refractivity contribution in [2.75, 3.05) is 0 Å². The lowest BCUT2D eigenvalue weighted by Crippen LogP contribution is -2.44. The van der Waals surface area contributed by atoms with Gasteiger partial charge in [-0.1, -0.05) is 28.7 Å². The number of carbonyl (C=O) groups excluding carboxylic acids is 1. The highest BCUT2D eigenvalue weighted by molar-refractivity contribution is 14.1. The first-order valence-corrected chi connectivity index (χ1v) is 11.2. The number of alkyl halides is 1. The first-order valence-electron chi connectivity index (χ1n) is 9.92. The van der Waals surface area contributed by atoms with Crippen LogP contribution < -0.4 is 0 Å². The van der Waals surface area contributed by atoms with Gasteiger partial charge in [-0.3, -0.25) is 9.48 Å². The average Bonchev–Trinajstić information content (AvgIpc) is 3.29. The zero-order valence-corrected chi connectivity index (χ0v) is 19.2. The van der Waals surface area contributed by atoms with Crippen molar-refractivity contribution in [2.45, 2.75) is 49.4 Å². The molecule has 1 saturated heterocycles. The summed E-state index contributed by atoms with van der Waals surface area (Å²) in [6.07, 6.45) is 3.72. The summed E-state index contributed by atoms with van der Waals surface area (Å²) in [6, 6.07) is 4.82. The number of carboxylic acid groups (broad SMARTS) is 1. The van der Waals surface area contributed by atoms with Gasteiger partial charge in [-0.2, -0.15) is 5.10 Å². The molecule has 1 amide bonds. The minimum absolute atomic E-state index is 0.0977. The normalized spacial score (nSPS) is 19.7. The van der Waals surface area contributed by atoms with E-state index in [1.165, 1.54) is 9.58 Å². The average molecular weight is 535 g/mol. The fourth-order valence-corrected chi connectivity index (χ4v) is 4.96. The number of likely N-dealkylation sites (tertiary alicyclic amines) is 1. The third-order valence-electron chi connectivity index (χ3n) is 5.46. The van der Waals surface area contributed by atoms with Crippen LogP contribution in [-0.4, -0.2) is 56.8 Å². The minimum atomic E-state index is -0.993. The number of nitrogens with zero attached hydrogens (tertiary/aromatic N) is 5. The van der Waals surface area contributed by atoms with Crippen LogP contribution in [0.15, 0.2) is 30.6 Å². The number of benzene rings is 1. The summed E-state index contributed by atoms with van der Waals surface area (Å²) in [5.41, 5.74) is 2.86. The minimum Gasteiger partial charge on any atom is -0.480 e. The molecule has 4 rings (SSSR count). The van der Waals surface area contributed by atoms with Crippen LogP contribution in [0, 0.1) is 6.92 Å². The first-order chi connectivity index (χ1) is 14.8. The maximum absolute atomic E-state index is 13.0. The fourth-order valence-electron chi connectivity index (χ4n) is 3.91. The van der Waals surface area contributed by atoms with Crippen LogP contribution in [0.5, 0.6) is 0 Å². The quantitative estimate of drug-likeness (QED) is 0.293. The first kappa shape index (κ1) is 21.6. The Labute approximate surface area is 192 Å². The van der Waals surface area contributed by atoms with Crippen molar-refractivity contribution in [2.24, 2.45) is 0 Å².